The average Bonchev–Trinajstić information content (AvgIpc) is 3.09. The highest BCUT2D eigenvalue weighted by atomic mass is 19.1. The second-order valence-corrected chi connectivity index (χ2v) is 6.06. The van der Waals surface area contributed by atoms with Crippen molar-refractivity contribution in [3.05, 3.63) is 65.7 Å². The van der Waals surface area contributed by atoms with Crippen LogP contribution in [0.3, 0.4) is 0 Å². The Morgan fingerprint density at radius 3 is 2.92 bits per heavy atom. The molecule has 1 fully saturated rings. The molecule has 0 radical (unpaired) electrons. The van der Waals surface area contributed by atoms with Gasteiger partial charge in [0.05, 0.1) is 24.3 Å². The number of carbonyl (C=O) groups excluding carboxylic acids is 1. The molecule has 0 spiro atoms. The molecule has 2 heterocycles. The lowest BCUT2D eigenvalue weighted by Gasteiger charge is -2.29. The summed E-state index contributed by atoms with van der Waals surface area (Å²) in [7, 11) is 1.74. The predicted molar refractivity (Wildman–Crippen MR) is 88.8 cm³/mol. The summed E-state index contributed by atoms with van der Waals surface area (Å²) < 4.78 is 19.3. The van der Waals surface area contributed by atoms with Gasteiger partial charge < -0.3 is 9.64 Å². The summed E-state index contributed by atoms with van der Waals surface area (Å²) in [5.74, 6) is -0.352. The number of carbonyl (C=O) groups is 1. The van der Waals surface area contributed by atoms with Crippen molar-refractivity contribution in [3.8, 4) is 0 Å². The van der Waals surface area contributed by atoms with E-state index in [1.165, 1.54) is 12.1 Å². The van der Waals surface area contributed by atoms with Gasteiger partial charge in [0, 0.05) is 19.9 Å². The maximum absolute atomic E-state index is 13.7. The summed E-state index contributed by atoms with van der Waals surface area (Å²) >= 11 is 0. The van der Waals surface area contributed by atoms with Gasteiger partial charge in [0.2, 0.25) is 5.91 Å². The van der Waals surface area contributed by atoms with Crippen molar-refractivity contribution < 1.29 is 13.9 Å². The zero-order valence-corrected chi connectivity index (χ0v) is 13.7. The quantitative estimate of drug-likeness (QED) is 0.845. The van der Waals surface area contributed by atoms with Crippen LogP contribution in [0, 0.1) is 5.82 Å². The lowest BCUT2D eigenvalue weighted by atomic mass is 10.0. The Hall–Kier alpha value is -2.27. The van der Waals surface area contributed by atoms with Crippen LogP contribution in [0.15, 0.2) is 48.7 Å². The third-order valence-electron chi connectivity index (χ3n) is 4.34. The van der Waals surface area contributed by atoms with Gasteiger partial charge >= 0.3 is 0 Å². The highest BCUT2D eigenvalue weighted by Gasteiger charge is 2.28. The summed E-state index contributed by atoms with van der Waals surface area (Å²) in [5, 5.41) is 0. The second-order valence-electron chi connectivity index (χ2n) is 6.06. The number of hydrogen-bond donors (Lipinski definition) is 0. The molecule has 0 aliphatic carbocycles. The monoisotopic (exact) mass is 328 g/mol. The first-order valence-corrected chi connectivity index (χ1v) is 8.19. The van der Waals surface area contributed by atoms with Crippen LogP contribution >= 0.6 is 0 Å². The van der Waals surface area contributed by atoms with Crippen LogP contribution in [0.1, 0.15) is 36.6 Å². The number of pyridine rings is 1. The van der Waals surface area contributed by atoms with E-state index in [9.17, 15) is 9.18 Å². The summed E-state index contributed by atoms with van der Waals surface area (Å²) in [6.45, 7) is 0.717. The summed E-state index contributed by atoms with van der Waals surface area (Å²) in [6.07, 6.45) is 3.91. The van der Waals surface area contributed by atoms with Crippen molar-refractivity contribution in [2.45, 2.75) is 31.4 Å². The predicted octanol–water partition coefficient (Wildman–Crippen LogP) is 3.34. The fraction of sp³-hybridized carbons (Fsp3) is 0.368. The van der Waals surface area contributed by atoms with E-state index in [1.54, 1.807) is 24.2 Å². The molecule has 1 aromatic heterocycles. The maximum Gasteiger partial charge on any atom is 0.225 e. The van der Waals surface area contributed by atoms with Crippen LogP contribution in [-0.4, -0.2) is 35.5 Å². The first-order valence-electron chi connectivity index (χ1n) is 8.19. The van der Waals surface area contributed by atoms with E-state index in [1.807, 2.05) is 24.3 Å². The molecule has 126 valence electrons. The standard InChI is InChI=1S/C19H21FN2O2/c1-22(18(23)13-16-8-5-11-24-16)19(17-9-2-3-10-21-17)14-6-4-7-15(20)12-14/h2-4,6-7,9-10,12,16,19H,5,8,11,13H2,1H3/t16-,19-/m1/s1. The number of halogens is 1. The molecule has 2 aromatic rings. The molecule has 3 rings (SSSR count). The fourth-order valence-corrected chi connectivity index (χ4v) is 3.10. The van der Waals surface area contributed by atoms with Crippen LogP contribution in [0.5, 0.6) is 0 Å². The molecular weight excluding hydrogens is 307 g/mol. The third-order valence-corrected chi connectivity index (χ3v) is 4.34. The van der Waals surface area contributed by atoms with E-state index in [0.29, 0.717) is 17.7 Å². The molecule has 24 heavy (non-hydrogen) atoms. The molecule has 1 aliphatic rings. The van der Waals surface area contributed by atoms with Gasteiger partial charge in [0.25, 0.3) is 0 Å². The Labute approximate surface area is 141 Å². The minimum absolute atomic E-state index is 0.0168. The number of hydrogen-bond acceptors (Lipinski definition) is 3. The van der Waals surface area contributed by atoms with Crippen LogP contribution < -0.4 is 0 Å². The van der Waals surface area contributed by atoms with Gasteiger partial charge in [-0.05, 0) is 42.7 Å². The molecule has 0 saturated carbocycles. The Bertz CT molecular complexity index is 687. The van der Waals surface area contributed by atoms with E-state index in [4.69, 9.17) is 4.74 Å². The van der Waals surface area contributed by atoms with Gasteiger partial charge in [-0.15, -0.1) is 0 Å². The van der Waals surface area contributed by atoms with Gasteiger partial charge in [0.1, 0.15) is 5.82 Å². The largest absolute Gasteiger partial charge is 0.378 e. The molecule has 2 atom stereocenters. The summed E-state index contributed by atoms with van der Waals surface area (Å²) in [4.78, 5) is 18.7. The third kappa shape index (κ3) is 3.79. The van der Waals surface area contributed by atoms with Crippen molar-refractivity contribution in [3.63, 3.8) is 0 Å². The molecular formula is C19H21FN2O2. The van der Waals surface area contributed by atoms with Crippen LogP contribution in [0.25, 0.3) is 0 Å². The van der Waals surface area contributed by atoms with Crippen molar-refractivity contribution >= 4 is 5.91 Å². The molecule has 1 aliphatic heterocycles. The molecule has 0 unspecified atom stereocenters. The molecule has 1 saturated heterocycles. The zero-order valence-electron chi connectivity index (χ0n) is 13.7. The van der Waals surface area contributed by atoms with Gasteiger partial charge in [-0.2, -0.15) is 0 Å². The fourth-order valence-electron chi connectivity index (χ4n) is 3.10. The smallest absolute Gasteiger partial charge is 0.225 e. The summed E-state index contributed by atoms with van der Waals surface area (Å²) in [5.41, 5.74) is 1.42. The van der Waals surface area contributed by atoms with E-state index in [0.717, 1.165) is 19.4 Å². The average molecular weight is 328 g/mol. The molecule has 1 amide bonds. The highest BCUT2D eigenvalue weighted by molar-refractivity contribution is 5.77. The van der Waals surface area contributed by atoms with Crippen LogP contribution in [0.2, 0.25) is 0 Å². The van der Waals surface area contributed by atoms with Crippen LogP contribution in [0.4, 0.5) is 4.39 Å². The van der Waals surface area contributed by atoms with Crippen molar-refractivity contribution in [2.24, 2.45) is 0 Å². The number of aromatic nitrogens is 1. The van der Waals surface area contributed by atoms with E-state index in [2.05, 4.69) is 4.98 Å². The highest BCUT2D eigenvalue weighted by Crippen LogP contribution is 2.28. The minimum atomic E-state index is -0.421. The Balaban J connectivity index is 1.87. The Kier molecular flexibility index (Phi) is 5.20. The summed E-state index contributed by atoms with van der Waals surface area (Å²) in [6, 6.07) is 11.4. The van der Waals surface area contributed by atoms with Gasteiger partial charge in [-0.25, -0.2) is 4.39 Å². The lowest BCUT2D eigenvalue weighted by Crippen LogP contribution is -2.34. The number of amides is 1. The normalized spacial score (nSPS) is 18.3. The first-order chi connectivity index (χ1) is 11.6. The molecule has 4 nitrogen and oxygen atoms in total. The van der Waals surface area contributed by atoms with Gasteiger partial charge in [-0.3, -0.25) is 9.78 Å². The molecule has 0 bridgehead atoms. The number of ether oxygens (including phenoxy) is 1. The van der Waals surface area contributed by atoms with E-state index >= 15 is 0 Å². The SMILES string of the molecule is CN(C(=O)C[C@H]1CCCO1)[C@H](c1cccc(F)c1)c1ccccn1. The second kappa shape index (κ2) is 7.53. The van der Waals surface area contributed by atoms with Gasteiger partial charge in [-0.1, -0.05) is 18.2 Å². The zero-order chi connectivity index (χ0) is 16.9. The van der Waals surface area contributed by atoms with E-state index in [-0.39, 0.29) is 17.8 Å². The lowest BCUT2D eigenvalue weighted by molar-refractivity contribution is -0.133. The minimum Gasteiger partial charge on any atom is -0.378 e. The number of nitrogens with zero attached hydrogens (tertiary/aromatic N) is 2. The number of benzene rings is 1. The maximum atomic E-state index is 13.7. The Morgan fingerprint density at radius 1 is 1.38 bits per heavy atom. The molecule has 1 aromatic carbocycles. The van der Waals surface area contributed by atoms with Gasteiger partial charge in [0.15, 0.2) is 0 Å². The van der Waals surface area contributed by atoms with E-state index < -0.39 is 6.04 Å². The van der Waals surface area contributed by atoms with Crippen molar-refractivity contribution in [1.82, 2.24) is 9.88 Å². The van der Waals surface area contributed by atoms with Crippen molar-refractivity contribution in [1.29, 1.82) is 0 Å². The topological polar surface area (TPSA) is 42.4 Å². The molecule has 0 N–H and O–H groups in total. The Morgan fingerprint density at radius 2 is 2.25 bits per heavy atom. The van der Waals surface area contributed by atoms with Crippen LogP contribution in [-0.2, 0) is 9.53 Å². The number of rotatable bonds is 5. The first kappa shape index (κ1) is 16.6. The molecule has 5 heteroatoms. The van der Waals surface area contributed by atoms with Crippen molar-refractivity contribution in [2.75, 3.05) is 13.7 Å².